The molecule has 0 unspecified atom stereocenters. The molecule has 0 saturated carbocycles. The molecule has 1 N–H and O–H groups in total. The van der Waals surface area contributed by atoms with Gasteiger partial charge in [-0.3, -0.25) is 10.1 Å². The molecule has 0 aliphatic carbocycles. The minimum absolute atomic E-state index is 0.195. The molecule has 1 aromatic carbocycles. The number of thiazole rings is 1. The van der Waals surface area contributed by atoms with E-state index in [-0.39, 0.29) is 5.91 Å². The first kappa shape index (κ1) is 15.3. The number of anilines is 1. The third-order valence-corrected chi connectivity index (χ3v) is 5.46. The molecule has 114 valence electrons. The maximum Gasteiger partial charge on any atom is 0.257 e. The van der Waals surface area contributed by atoms with Crippen molar-refractivity contribution < 1.29 is 9.53 Å². The summed E-state index contributed by atoms with van der Waals surface area (Å²) >= 11 is 4.42. The van der Waals surface area contributed by atoms with Gasteiger partial charge in [0.2, 0.25) is 5.13 Å². The van der Waals surface area contributed by atoms with Crippen LogP contribution in [0.15, 0.2) is 28.0 Å². The first-order chi connectivity index (χ1) is 10.8. The molecule has 6 nitrogen and oxygen atoms in total. The number of hydrogen-bond donors (Lipinski definition) is 1. The monoisotopic (exact) mass is 352 g/mol. The molecular weight excluding hydrogens is 340 g/mol. The smallest absolute Gasteiger partial charge is 0.257 e. The van der Waals surface area contributed by atoms with Gasteiger partial charge in [0.15, 0.2) is 4.34 Å². The fraction of sp³-hybridized carbons (Fsp3) is 0.231. The van der Waals surface area contributed by atoms with Crippen LogP contribution in [0.1, 0.15) is 10.4 Å². The zero-order valence-corrected chi connectivity index (χ0v) is 14.1. The highest BCUT2D eigenvalue weighted by molar-refractivity contribution is 8.01. The third kappa shape index (κ3) is 3.61. The van der Waals surface area contributed by atoms with Crippen LogP contribution in [-0.4, -0.2) is 40.6 Å². The second-order valence-corrected chi connectivity index (χ2v) is 7.41. The predicted octanol–water partition coefficient (Wildman–Crippen LogP) is 3.14. The first-order valence-electron chi connectivity index (χ1n) is 6.36. The summed E-state index contributed by atoms with van der Waals surface area (Å²) in [7, 11) is 1.66. The Labute approximate surface area is 138 Å². The molecule has 0 aliphatic heterocycles. The summed E-state index contributed by atoms with van der Waals surface area (Å²) in [6, 6.07) is 5.43. The van der Waals surface area contributed by atoms with E-state index in [1.54, 1.807) is 30.4 Å². The van der Waals surface area contributed by atoms with Crippen molar-refractivity contribution in [2.75, 3.05) is 24.8 Å². The van der Waals surface area contributed by atoms with E-state index in [9.17, 15) is 4.79 Å². The fourth-order valence-electron chi connectivity index (χ4n) is 1.70. The number of hydrogen-bond acceptors (Lipinski definition) is 8. The number of fused-ring (bicyclic) bond motifs is 1. The quantitative estimate of drug-likeness (QED) is 0.417. The Morgan fingerprint density at radius 1 is 1.41 bits per heavy atom. The standard InChI is InChI=1S/C13H12N4O2S3/c1-19-4-5-20-13-17-16-12(22-13)15-11(18)8-2-3-9-10(6-8)21-7-14-9/h2-3,6-7H,4-5H2,1H3,(H,15,16,18). The second-order valence-electron chi connectivity index (χ2n) is 4.20. The number of ether oxygens (including phenoxy) is 1. The average molecular weight is 352 g/mol. The SMILES string of the molecule is COCCSc1nnc(NC(=O)c2ccc3ncsc3c2)s1. The molecule has 0 atom stereocenters. The van der Waals surface area contributed by atoms with Crippen LogP contribution >= 0.6 is 34.4 Å². The number of carbonyl (C=O) groups excluding carboxylic acids is 1. The van der Waals surface area contributed by atoms with Crippen molar-refractivity contribution >= 4 is 55.7 Å². The lowest BCUT2D eigenvalue weighted by Gasteiger charge is -2.00. The lowest BCUT2D eigenvalue weighted by atomic mass is 10.2. The van der Waals surface area contributed by atoms with Crippen LogP contribution in [0, 0.1) is 0 Å². The lowest BCUT2D eigenvalue weighted by Crippen LogP contribution is -2.11. The van der Waals surface area contributed by atoms with Gasteiger partial charge in [-0.1, -0.05) is 23.1 Å². The van der Waals surface area contributed by atoms with Gasteiger partial charge in [-0.2, -0.15) is 0 Å². The van der Waals surface area contributed by atoms with Crippen LogP contribution in [0.5, 0.6) is 0 Å². The molecule has 2 aromatic heterocycles. The van der Waals surface area contributed by atoms with Crippen molar-refractivity contribution in [3.8, 4) is 0 Å². The molecule has 2 heterocycles. The summed E-state index contributed by atoms with van der Waals surface area (Å²) in [6.45, 7) is 0.654. The van der Waals surface area contributed by atoms with Gasteiger partial charge in [0.05, 0.1) is 22.3 Å². The number of thioether (sulfide) groups is 1. The zero-order valence-electron chi connectivity index (χ0n) is 11.6. The number of nitrogens with one attached hydrogen (secondary N) is 1. The lowest BCUT2D eigenvalue weighted by molar-refractivity contribution is 0.102. The minimum atomic E-state index is -0.195. The van der Waals surface area contributed by atoms with Gasteiger partial charge in [0.1, 0.15) is 0 Å². The summed E-state index contributed by atoms with van der Waals surface area (Å²) < 4.78 is 6.78. The van der Waals surface area contributed by atoms with E-state index in [4.69, 9.17) is 4.74 Å². The van der Waals surface area contributed by atoms with Crippen molar-refractivity contribution in [3.63, 3.8) is 0 Å². The van der Waals surface area contributed by atoms with E-state index in [1.165, 1.54) is 22.7 Å². The molecule has 1 amide bonds. The predicted molar refractivity (Wildman–Crippen MR) is 90.1 cm³/mol. The van der Waals surface area contributed by atoms with Crippen LogP contribution in [0.3, 0.4) is 0 Å². The number of rotatable bonds is 6. The van der Waals surface area contributed by atoms with Gasteiger partial charge in [-0.15, -0.1) is 21.5 Å². The Hall–Kier alpha value is -1.55. The summed E-state index contributed by atoms with van der Waals surface area (Å²) in [5.41, 5.74) is 3.25. The minimum Gasteiger partial charge on any atom is -0.384 e. The van der Waals surface area contributed by atoms with Crippen molar-refractivity contribution in [1.82, 2.24) is 15.2 Å². The zero-order chi connectivity index (χ0) is 15.4. The molecule has 9 heteroatoms. The summed E-state index contributed by atoms with van der Waals surface area (Å²) in [4.78, 5) is 16.4. The Morgan fingerprint density at radius 3 is 3.18 bits per heavy atom. The molecule has 0 fully saturated rings. The molecule has 0 saturated heterocycles. The highest BCUT2D eigenvalue weighted by Crippen LogP contribution is 2.26. The van der Waals surface area contributed by atoms with Crippen LogP contribution in [0.2, 0.25) is 0 Å². The van der Waals surface area contributed by atoms with Gasteiger partial charge < -0.3 is 4.74 Å². The molecule has 0 spiro atoms. The van der Waals surface area contributed by atoms with E-state index < -0.39 is 0 Å². The molecule has 3 rings (SSSR count). The Balaban J connectivity index is 1.65. The van der Waals surface area contributed by atoms with E-state index in [2.05, 4.69) is 20.5 Å². The summed E-state index contributed by atoms with van der Waals surface area (Å²) in [5.74, 6) is 0.612. The van der Waals surface area contributed by atoms with Gasteiger partial charge in [0, 0.05) is 18.4 Å². The number of nitrogens with zero attached hydrogens (tertiary/aromatic N) is 3. The van der Waals surface area contributed by atoms with Crippen LogP contribution < -0.4 is 5.32 Å². The highest BCUT2D eigenvalue weighted by Gasteiger charge is 2.11. The average Bonchev–Trinajstić information content (AvgIpc) is 3.15. The summed E-state index contributed by atoms with van der Waals surface area (Å²) in [6.07, 6.45) is 0. The maximum atomic E-state index is 12.2. The van der Waals surface area contributed by atoms with Gasteiger partial charge >= 0.3 is 0 Å². The van der Waals surface area contributed by atoms with Crippen molar-refractivity contribution in [2.45, 2.75) is 4.34 Å². The number of aromatic nitrogens is 3. The van der Waals surface area contributed by atoms with Gasteiger partial charge in [-0.25, -0.2) is 4.98 Å². The van der Waals surface area contributed by atoms with Gasteiger partial charge in [0.25, 0.3) is 5.91 Å². The first-order valence-corrected chi connectivity index (χ1v) is 9.04. The Bertz CT molecular complexity index is 786. The molecule has 0 bridgehead atoms. The normalized spacial score (nSPS) is 11.0. The number of amides is 1. The molecule has 0 aliphatic rings. The van der Waals surface area contributed by atoms with Crippen molar-refractivity contribution in [2.24, 2.45) is 0 Å². The summed E-state index contributed by atoms with van der Waals surface area (Å²) in [5, 5.41) is 11.3. The van der Waals surface area contributed by atoms with Gasteiger partial charge in [-0.05, 0) is 18.2 Å². The largest absolute Gasteiger partial charge is 0.384 e. The van der Waals surface area contributed by atoms with Crippen molar-refractivity contribution in [1.29, 1.82) is 0 Å². The molecule has 3 aromatic rings. The van der Waals surface area contributed by atoms with E-state index >= 15 is 0 Å². The molecule has 0 radical (unpaired) electrons. The maximum absolute atomic E-state index is 12.2. The third-order valence-electron chi connectivity index (χ3n) is 2.73. The number of methoxy groups -OCH3 is 1. The number of carbonyl (C=O) groups is 1. The van der Waals surface area contributed by atoms with Crippen LogP contribution in [-0.2, 0) is 4.74 Å². The topological polar surface area (TPSA) is 77.0 Å². The molecular formula is C13H12N4O2S3. The van der Waals surface area contributed by atoms with Crippen LogP contribution in [0.4, 0.5) is 5.13 Å². The van der Waals surface area contributed by atoms with Crippen LogP contribution in [0.25, 0.3) is 10.2 Å². The van der Waals surface area contributed by atoms with E-state index in [0.29, 0.717) is 17.3 Å². The van der Waals surface area contributed by atoms with E-state index in [0.717, 1.165) is 20.3 Å². The molecule has 22 heavy (non-hydrogen) atoms. The number of benzene rings is 1. The van der Waals surface area contributed by atoms with Crippen molar-refractivity contribution in [3.05, 3.63) is 29.3 Å². The second kappa shape index (κ2) is 7.14. The van der Waals surface area contributed by atoms with E-state index in [1.807, 2.05) is 12.1 Å². The fourth-order valence-corrected chi connectivity index (χ4v) is 4.13. The highest BCUT2D eigenvalue weighted by atomic mass is 32.2. The Morgan fingerprint density at radius 2 is 2.32 bits per heavy atom. The Kier molecular flexibility index (Phi) is 4.98.